The van der Waals surface area contributed by atoms with E-state index in [1.54, 1.807) is 20.8 Å². The Morgan fingerprint density at radius 1 is 1.14 bits per heavy atom. The van der Waals surface area contributed by atoms with Gasteiger partial charge in [0.15, 0.2) is 6.10 Å². The van der Waals surface area contributed by atoms with Gasteiger partial charge >= 0.3 is 18.0 Å². The van der Waals surface area contributed by atoms with E-state index in [0.29, 0.717) is 6.42 Å². The highest BCUT2D eigenvalue weighted by Gasteiger charge is 2.33. The Kier molecular flexibility index (Phi) is 7.35. The van der Waals surface area contributed by atoms with Crippen molar-refractivity contribution in [1.29, 1.82) is 0 Å². The summed E-state index contributed by atoms with van der Waals surface area (Å²) in [4.78, 5) is 36.2. The molecule has 128 valence electrons. The van der Waals surface area contributed by atoms with Crippen molar-refractivity contribution in [2.75, 3.05) is 7.05 Å². The van der Waals surface area contributed by atoms with Crippen LogP contribution in [0.25, 0.3) is 0 Å². The maximum Gasteiger partial charge on any atom is 0.410 e. The molecule has 0 bridgehead atoms. The Hall–Kier alpha value is -1.79. The molecular formula is C15H27NO6. The van der Waals surface area contributed by atoms with Crippen LogP contribution >= 0.6 is 0 Å². The first-order valence-corrected chi connectivity index (χ1v) is 7.24. The molecule has 0 rings (SSSR count). The molecule has 7 heteroatoms. The second kappa shape index (κ2) is 8.00. The van der Waals surface area contributed by atoms with Crippen LogP contribution in [0.2, 0.25) is 0 Å². The molecule has 0 aliphatic carbocycles. The number of amides is 1. The third-order valence-corrected chi connectivity index (χ3v) is 2.76. The second-order valence-corrected chi connectivity index (χ2v) is 6.65. The summed E-state index contributed by atoms with van der Waals surface area (Å²) in [5.74, 6) is -1.88. The lowest BCUT2D eigenvalue weighted by molar-refractivity contribution is -0.166. The lowest BCUT2D eigenvalue weighted by Crippen LogP contribution is -2.47. The minimum Gasteiger partial charge on any atom is -0.479 e. The Balaban J connectivity index is 5.07. The highest BCUT2D eigenvalue weighted by molar-refractivity contribution is 5.84. The van der Waals surface area contributed by atoms with Crippen molar-refractivity contribution < 1.29 is 29.0 Å². The normalized spacial score (nSPS) is 14.2. The highest BCUT2D eigenvalue weighted by atomic mass is 16.6. The third-order valence-electron chi connectivity index (χ3n) is 2.76. The molecule has 7 nitrogen and oxygen atoms in total. The van der Waals surface area contributed by atoms with Gasteiger partial charge < -0.3 is 14.6 Å². The zero-order chi connectivity index (χ0) is 17.7. The predicted octanol–water partition coefficient (Wildman–Crippen LogP) is 2.28. The van der Waals surface area contributed by atoms with Gasteiger partial charge in [0.25, 0.3) is 0 Å². The van der Waals surface area contributed by atoms with Crippen LogP contribution in [0.5, 0.6) is 0 Å². The molecule has 0 spiro atoms. The molecule has 22 heavy (non-hydrogen) atoms. The molecule has 0 fully saturated rings. The van der Waals surface area contributed by atoms with Crippen LogP contribution in [0.15, 0.2) is 0 Å². The minimum atomic E-state index is -1.27. The Labute approximate surface area is 131 Å². The van der Waals surface area contributed by atoms with Gasteiger partial charge in [-0.3, -0.25) is 4.90 Å². The van der Waals surface area contributed by atoms with Crippen molar-refractivity contribution in [3.63, 3.8) is 0 Å². The zero-order valence-electron chi connectivity index (χ0n) is 14.4. The summed E-state index contributed by atoms with van der Waals surface area (Å²) in [7, 11) is 1.44. The number of carbonyl (C=O) groups excluding carboxylic acids is 2. The van der Waals surface area contributed by atoms with Gasteiger partial charge in [0.05, 0.1) is 0 Å². The molecule has 0 aromatic rings. The van der Waals surface area contributed by atoms with Crippen LogP contribution in [0.4, 0.5) is 4.79 Å². The Morgan fingerprint density at radius 3 is 2.00 bits per heavy atom. The number of ether oxygens (including phenoxy) is 2. The number of esters is 1. The van der Waals surface area contributed by atoms with Gasteiger partial charge in [-0.2, -0.15) is 0 Å². The molecule has 0 aromatic heterocycles. The van der Waals surface area contributed by atoms with Crippen molar-refractivity contribution in [3.05, 3.63) is 0 Å². The van der Waals surface area contributed by atoms with E-state index in [-0.39, 0.29) is 5.92 Å². The average molecular weight is 317 g/mol. The SMILES string of the molecule is CC(C)C[C@@H](C(=O)O[C@@H](C)C(=O)O)N(C)C(=O)OC(C)(C)C. The highest BCUT2D eigenvalue weighted by Crippen LogP contribution is 2.17. The van der Waals surface area contributed by atoms with Crippen LogP contribution < -0.4 is 0 Å². The van der Waals surface area contributed by atoms with E-state index in [1.807, 2.05) is 13.8 Å². The number of likely N-dealkylation sites (N-methyl/N-ethyl adjacent to an activating group) is 1. The van der Waals surface area contributed by atoms with E-state index < -0.39 is 35.8 Å². The monoisotopic (exact) mass is 317 g/mol. The van der Waals surface area contributed by atoms with E-state index in [2.05, 4.69) is 0 Å². The van der Waals surface area contributed by atoms with Crippen LogP contribution in [-0.2, 0) is 19.1 Å². The molecular weight excluding hydrogens is 290 g/mol. The van der Waals surface area contributed by atoms with Crippen LogP contribution in [0.3, 0.4) is 0 Å². The fourth-order valence-corrected chi connectivity index (χ4v) is 1.62. The summed E-state index contributed by atoms with van der Waals surface area (Å²) in [6.45, 7) is 10.2. The van der Waals surface area contributed by atoms with Crippen LogP contribution in [0, 0.1) is 5.92 Å². The predicted molar refractivity (Wildman–Crippen MR) is 80.4 cm³/mol. The van der Waals surface area contributed by atoms with Gasteiger partial charge in [0.2, 0.25) is 0 Å². The number of carboxylic acids is 1. The quantitative estimate of drug-likeness (QED) is 0.755. The molecule has 1 amide bonds. The lowest BCUT2D eigenvalue weighted by atomic mass is 10.0. The smallest absolute Gasteiger partial charge is 0.410 e. The fraction of sp³-hybridized carbons (Fsp3) is 0.800. The Morgan fingerprint density at radius 2 is 1.64 bits per heavy atom. The lowest BCUT2D eigenvalue weighted by Gasteiger charge is -2.30. The minimum absolute atomic E-state index is 0.113. The summed E-state index contributed by atoms with van der Waals surface area (Å²) in [5, 5.41) is 8.81. The van der Waals surface area contributed by atoms with E-state index in [9.17, 15) is 14.4 Å². The van der Waals surface area contributed by atoms with Crippen molar-refractivity contribution in [2.24, 2.45) is 5.92 Å². The van der Waals surface area contributed by atoms with E-state index >= 15 is 0 Å². The maximum absolute atomic E-state index is 12.2. The van der Waals surface area contributed by atoms with E-state index in [4.69, 9.17) is 14.6 Å². The van der Waals surface area contributed by atoms with Crippen LogP contribution in [0.1, 0.15) is 48.0 Å². The first-order chi connectivity index (χ1) is 9.85. The number of hydrogen-bond donors (Lipinski definition) is 1. The molecule has 0 heterocycles. The largest absolute Gasteiger partial charge is 0.479 e. The molecule has 0 radical (unpaired) electrons. The molecule has 1 N–H and O–H groups in total. The van der Waals surface area contributed by atoms with Crippen molar-refractivity contribution >= 4 is 18.0 Å². The van der Waals surface area contributed by atoms with Gasteiger partial charge in [-0.25, -0.2) is 14.4 Å². The first-order valence-electron chi connectivity index (χ1n) is 7.24. The molecule has 0 aliphatic heterocycles. The van der Waals surface area contributed by atoms with E-state index in [0.717, 1.165) is 4.90 Å². The fourth-order valence-electron chi connectivity index (χ4n) is 1.62. The molecule has 0 aliphatic rings. The number of rotatable bonds is 6. The standard InChI is InChI=1S/C15H27NO6/c1-9(2)8-11(13(19)21-10(3)12(17)18)16(7)14(20)22-15(4,5)6/h9-11H,8H2,1-7H3,(H,17,18)/t10-,11-/m0/s1. The van der Waals surface area contributed by atoms with Gasteiger partial charge in [-0.05, 0) is 40.0 Å². The van der Waals surface area contributed by atoms with Crippen molar-refractivity contribution in [3.8, 4) is 0 Å². The zero-order valence-corrected chi connectivity index (χ0v) is 14.4. The summed E-state index contributed by atoms with van der Waals surface area (Å²) < 4.78 is 10.1. The van der Waals surface area contributed by atoms with Crippen molar-refractivity contribution in [2.45, 2.75) is 65.7 Å². The summed E-state index contributed by atoms with van der Waals surface area (Å²) >= 11 is 0. The van der Waals surface area contributed by atoms with Gasteiger partial charge in [-0.1, -0.05) is 13.8 Å². The number of carbonyl (C=O) groups is 3. The molecule has 0 saturated carbocycles. The Bertz CT molecular complexity index is 413. The van der Waals surface area contributed by atoms with Gasteiger partial charge in [0, 0.05) is 7.05 Å². The second-order valence-electron chi connectivity index (χ2n) is 6.65. The number of carboxylic acid groups (broad SMARTS) is 1. The third kappa shape index (κ3) is 7.28. The average Bonchev–Trinajstić information content (AvgIpc) is 2.32. The number of hydrogen-bond acceptors (Lipinski definition) is 5. The van der Waals surface area contributed by atoms with Crippen LogP contribution in [-0.4, -0.2) is 52.8 Å². The van der Waals surface area contributed by atoms with Gasteiger partial charge in [0.1, 0.15) is 11.6 Å². The first kappa shape index (κ1) is 20.2. The summed E-state index contributed by atoms with van der Waals surface area (Å²) in [5.41, 5.74) is -0.689. The van der Waals surface area contributed by atoms with E-state index in [1.165, 1.54) is 14.0 Å². The summed E-state index contributed by atoms with van der Waals surface area (Å²) in [6.07, 6.45) is -1.58. The summed E-state index contributed by atoms with van der Waals surface area (Å²) in [6, 6.07) is -0.892. The molecule has 0 unspecified atom stereocenters. The maximum atomic E-state index is 12.2. The molecule has 0 aromatic carbocycles. The topological polar surface area (TPSA) is 93.1 Å². The number of aliphatic carboxylic acids is 1. The van der Waals surface area contributed by atoms with Gasteiger partial charge in [-0.15, -0.1) is 0 Å². The molecule has 2 atom stereocenters. The van der Waals surface area contributed by atoms with Crippen molar-refractivity contribution in [1.82, 2.24) is 4.90 Å². The molecule has 0 saturated heterocycles. The number of nitrogens with zero attached hydrogens (tertiary/aromatic N) is 1.